The number of ether oxygens (including phenoxy) is 1. The van der Waals surface area contributed by atoms with E-state index < -0.39 is 6.04 Å². The van der Waals surface area contributed by atoms with E-state index in [1.54, 1.807) is 13.0 Å². The number of halogens is 1. The van der Waals surface area contributed by atoms with Gasteiger partial charge in [0.05, 0.1) is 28.4 Å². The molecule has 1 saturated carbocycles. The number of rotatable bonds is 12. The summed E-state index contributed by atoms with van der Waals surface area (Å²) in [7, 11) is 0. The lowest BCUT2D eigenvalue weighted by atomic mass is 9.83. The fourth-order valence-corrected chi connectivity index (χ4v) is 6.80. The molecule has 0 spiro atoms. The molecular formula is C29H42ClN5O4S. The average Bonchev–Trinajstić information content (AvgIpc) is 3.36. The third-order valence-electron chi connectivity index (χ3n) is 7.87. The number of carbonyl (C=O) groups is 3. The van der Waals surface area contributed by atoms with E-state index in [0.29, 0.717) is 31.3 Å². The Labute approximate surface area is 245 Å². The Kier molecular flexibility index (Phi) is 11.6. The zero-order valence-corrected chi connectivity index (χ0v) is 25.1. The third-order valence-corrected chi connectivity index (χ3v) is 9.15. The number of hydrogen-bond donors (Lipinski definition) is 3. The molecule has 1 unspecified atom stereocenters. The summed E-state index contributed by atoms with van der Waals surface area (Å²) >= 11 is 7.62. The monoisotopic (exact) mass is 591 g/mol. The summed E-state index contributed by atoms with van der Waals surface area (Å²) < 4.78 is 6.36. The summed E-state index contributed by atoms with van der Waals surface area (Å²) in [6.07, 6.45) is 6.00. The first-order chi connectivity index (χ1) is 19.3. The first kappa shape index (κ1) is 30.7. The van der Waals surface area contributed by atoms with Gasteiger partial charge in [-0.15, -0.1) is 11.3 Å². The van der Waals surface area contributed by atoms with Crippen LogP contribution in [0.5, 0.6) is 0 Å². The number of thiazole rings is 1. The molecule has 2 aliphatic rings. The number of carbonyl (C=O) groups excluding carboxylic acids is 3. The van der Waals surface area contributed by atoms with E-state index in [2.05, 4.69) is 25.8 Å². The smallest absolute Gasteiger partial charge is 0.243 e. The lowest BCUT2D eigenvalue weighted by Crippen LogP contribution is -2.55. The van der Waals surface area contributed by atoms with Crippen molar-refractivity contribution >= 4 is 50.9 Å². The zero-order chi connectivity index (χ0) is 28.5. The number of morpholine rings is 1. The molecule has 1 saturated heterocycles. The molecule has 3 atom stereocenters. The molecule has 1 aliphatic heterocycles. The molecule has 0 radical (unpaired) electrons. The van der Waals surface area contributed by atoms with Gasteiger partial charge in [0, 0.05) is 56.0 Å². The second-order valence-electron chi connectivity index (χ2n) is 11.0. The maximum Gasteiger partial charge on any atom is 0.243 e. The fraction of sp³-hybridized carbons (Fsp3) is 0.655. The summed E-state index contributed by atoms with van der Waals surface area (Å²) in [6, 6.07) is 4.55. The number of fused-ring (bicyclic) bond motifs is 1. The lowest BCUT2D eigenvalue weighted by Gasteiger charge is -2.33. The molecule has 3 N–H and O–H groups in total. The Morgan fingerprint density at radius 2 is 1.88 bits per heavy atom. The first-order valence-corrected chi connectivity index (χ1v) is 15.7. The number of amides is 3. The van der Waals surface area contributed by atoms with E-state index in [1.165, 1.54) is 17.8 Å². The van der Waals surface area contributed by atoms with Crippen LogP contribution in [0.3, 0.4) is 0 Å². The van der Waals surface area contributed by atoms with Crippen LogP contribution < -0.4 is 16.0 Å². The molecule has 40 heavy (non-hydrogen) atoms. The standard InChI is InChI=1S/C29H42ClN5O4S/c1-3-26(36)32-23(16-27-33-22-10-9-21(30)15-25(22)40-27)29(38)34-24(20-7-5-4-6-8-20)17-31-28(37)19(2)18-35-11-13-39-14-12-35/h9-10,15,19-20,23-24H,3-8,11-14,16-18H2,1-2H3,(H,31,37)(H,32,36)(H,34,38)/t19?,23-,24+/m0/s1. The molecule has 1 aliphatic carbocycles. The molecule has 11 heteroatoms. The largest absolute Gasteiger partial charge is 0.379 e. The number of aromatic nitrogens is 1. The van der Waals surface area contributed by atoms with Crippen LogP contribution in [-0.4, -0.2) is 79.1 Å². The van der Waals surface area contributed by atoms with E-state index in [4.69, 9.17) is 16.3 Å². The summed E-state index contributed by atoms with van der Waals surface area (Å²) in [5, 5.41) is 10.6. The van der Waals surface area contributed by atoms with Gasteiger partial charge in [0.1, 0.15) is 6.04 Å². The number of nitrogens with one attached hydrogen (secondary N) is 3. The lowest BCUT2D eigenvalue weighted by molar-refractivity contribution is -0.130. The van der Waals surface area contributed by atoms with E-state index in [-0.39, 0.29) is 48.4 Å². The minimum Gasteiger partial charge on any atom is -0.379 e. The molecule has 2 heterocycles. The Morgan fingerprint density at radius 3 is 2.60 bits per heavy atom. The summed E-state index contributed by atoms with van der Waals surface area (Å²) in [6.45, 7) is 7.85. The Balaban J connectivity index is 1.42. The van der Waals surface area contributed by atoms with E-state index >= 15 is 0 Å². The van der Waals surface area contributed by atoms with Gasteiger partial charge in [0.15, 0.2) is 0 Å². The molecule has 4 rings (SSSR count). The molecule has 2 aromatic rings. The van der Waals surface area contributed by atoms with Crippen molar-refractivity contribution in [1.82, 2.24) is 25.8 Å². The van der Waals surface area contributed by atoms with Gasteiger partial charge < -0.3 is 20.7 Å². The van der Waals surface area contributed by atoms with Crippen molar-refractivity contribution in [3.63, 3.8) is 0 Å². The minimum atomic E-state index is -0.759. The van der Waals surface area contributed by atoms with Gasteiger partial charge in [-0.25, -0.2) is 4.98 Å². The Morgan fingerprint density at radius 1 is 1.12 bits per heavy atom. The van der Waals surface area contributed by atoms with E-state index in [1.807, 2.05) is 19.1 Å². The number of benzene rings is 1. The van der Waals surface area contributed by atoms with Crippen LogP contribution in [-0.2, 0) is 25.5 Å². The summed E-state index contributed by atoms with van der Waals surface area (Å²) in [5.74, 6) is -0.329. The van der Waals surface area contributed by atoms with Crippen LogP contribution in [0, 0.1) is 11.8 Å². The normalized spacial score (nSPS) is 19.1. The fourth-order valence-electron chi connectivity index (χ4n) is 5.51. The van der Waals surface area contributed by atoms with Crippen LogP contribution >= 0.6 is 22.9 Å². The molecule has 1 aromatic heterocycles. The van der Waals surface area contributed by atoms with Crippen LogP contribution in [0.25, 0.3) is 10.2 Å². The number of hydrogen-bond acceptors (Lipinski definition) is 7. The van der Waals surface area contributed by atoms with Gasteiger partial charge >= 0.3 is 0 Å². The Bertz CT molecular complexity index is 1150. The molecule has 9 nitrogen and oxygen atoms in total. The highest BCUT2D eigenvalue weighted by molar-refractivity contribution is 7.18. The van der Waals surface area contributed by atoms with E-state index in [9.17, 15) is 14.4 Å². The van der Waals surface area contributed by atoms with Crippen molar-refractivity contribution in [3.05, 3.63) is 28.2 Å². The van der Waals surface area contributed by atoms with Crippen LogP contribution in [0.15, 0.2) is 18.2 Å². The molecule has 0 bridgehead atoms. The van der Waals surface area contributed by atoms with Crippen LogP contribution in [0.2, 0.25) is 5.02 Å². The maximum absolute atomic E-state index is 13.7. The predicted octanol–water partition coefficient (Wildman–Crippen LogP) is 3.54. The molecular weight excluding hydrogens is 550 g/mol. The molecule has 3 amide bonds. The highest BCUT2D eigenvalue weighted by Crippen LogP contribution is 2.28. The minimum absolute atomic E-state index is 0.00878. The highest BCUT2D eigenvalue weighted by Gasteiger charge is 2.30. The van der Waals surface area contributed by atoms with Crippen molar-refractivity contribution in [2.45, 2.75) is 70.9 Å². The van der Waals surface area contributed by atoms with Crippen molar-refractivity contribution < 1.29 is 19.1 Å². The Hall–Kier alpha value is -2.27. The van der Waals surface area contributed by atoms with Gasteiger partial charge in [0.2, 0.25) is 17.7 Å². The van der Waals surface area contributed by atoms with Crippen molar-refractivity contribution in [3.8, 4) is 0 Å². The summed E-state index contributed by atoms with van der Waals surface area (Å²) in [5.41, 5.74) is 0.819. The average molecular weight is 592 g/mol. The topological polar surface area (TPSA) is 113 Å². The first-order valence-electron chi connectivity index (χ1n) is 14.5. The highest BCUT2D eigenvalue weighted by atomic mass is 35.5. The SMILES string of the molecule is CCC(=O)N[C@@H](Cc1nc2ccc(Cl)cc2s1)C(=O)N[C@H](CNC(=O)C(C)CN1CCOCC1)C1CCCCC1. The summed E-state index contributed by atoms with van der Waals surface area (Å²) in [4.78, 5) is 46.0. The van der Waals surface area contributed by atoms with Gasteiger partial charge in [-0.05, 0) is 37.0 Å². The maximum atomic E-state index is 13.7. The van der Waals surface area contributed by atoms with Gasteiger partial charge in [0.25, 0.3) is 0 Å². The second kappa shape index (κ2) is 15.1. The van der Waals surface area contributed by atoms with Crippen LogP contribution in [0.1, 0.15) is 57.4 Å². The van der Waals surface area contributed by atoms with Crippen LogP contribution in [0.4, 0.5) is 0 Å². The quantitative estimate of drug-likeness (QED) is 0.348. The third kappa shape index (κ3) is 8.86. The predicted molar refractivity (Wildman–Crippen MR) is 158 cm³/mol. The van der Waals surface area contributed by atoms with Crippen molar-refractivity contribution in [2.75, 3.05) is 39.4 Å². The van der Waals surface area contributed by atoms with Crippen molar-refractivity contribution in [2.24, 2.45) is 11.8 Å². The second-order valence-corrected chi connectivity index (χ2v) is 12.5. The molecule has 1 aromatic carbocycles. The van der Waals surface area contributed by atoms with Gasteiger partial charge in [-0.2, -0.15) is 0 Å². The van der Waals surface area contributed by atoms with Crippen molar-refractivity contribution in [1.29, 1.82) is 0 Å². The molecule has 220 valence electrons. The van der Waals surface area contributed by atoms with E-state index in [0.717, 1.165) is 54.0 Å². The molecule has 2 fully saturated rings. The number of nitrogens with zero attached hydrogens (tertiary/aromatic N) is 2. The zero-order valence-electron chi connectivity index (χ0n) is 23.5. The van der Waals surface area contributed by atoms with Gasteiger partial charge in [-0.1, -0.05) is 44.7 Å². The van der Waals surface area contributed by atoms with Gasteiger partial charge in [-0.3, -0.25) is 19.3 Å².